The lowest BCUT2D eigenvalue weighted by molar-refractivity contribution is -0.0497. The van der Waals surface area contributed by atoms with Crippen LogP contribution in [-0.4, -0.2) is 45.6 Å². The van der Waals surface area contributed by atoms with E-state index in [9.17, 15) is 8.78 Å². The highest BCUT2D eigenvalue weighted by Crippen LogP contribution is 2.28. The van der Waals surface area contributed by atoms with E-state index < -0.39 is 6.61 Å². The molecule has 1 aromatic carbocycles. The molecule has 0 spiro atoms. The summed E-state index contributed by atoms with van der Waals surface area (Å²) in [6, 6.07) is 4.43. The quantitative estimate of drug-likeness (QED) is 0.793. The maximum absolute atomic E-state index is 12.4. The van der Waals surface area contributed by atoms with Crippen LogP contribution in [0.15, 0.2) is 41.7 Å². The van der Waals surface area contributed by atoms with Crippen LogP contribution in [0.5, 0.6) is 5.75 Å². The van der Waals surface area contributed by atoms with Crippen molar-refractivity contribution >= 4 is 17.5 Å². The van der Waals surface area contributed by atoms with Gasteiger partial charge in [-0.1, -0.05) is 16.8 Å². The molecule has 1 aliphatic heterocycles. The largest absolute Gasteiger partial charge is 0.471 e. The van der Waals surface area contributed by atoms with Gasteiger partial charge >= 0.3 is 6.61 Å². The molecule has 0 saturated carbocycles. The van der Waals surface area contributed by atoms with Crippen molar-refractivity contribution < 1.29 is 18.3 Å². The van der Waals surface area contributed by atoms with E-state index in [4.69, 9.17) is 16.3 Å². The van der Waals surface area contributed by atoms with Crippen LogP contribution in [0.4, 0.5) is 8.78 Å². The van der Waals surface area contributed by atoms with Crippen molar-refractivity contribution in [2.75, 3.05) is 7.05 Å². The summed E-state index contributed by atoms with van der Waals surface area (Å²) in [5.41, 5.74) is 1.04. The molecule has 2 heterocycles. The van der Waals surface area contributed by atoms with Gasteiger partial charge in [0.2, 0.25) is 5.90 Å². The fourth-order valence-corrected chi connectivity index (χ4v) is 2.33. The van der Waals surface area contributed by atoms with Gasteiger partial charge in [0.25, 0.3) is 0 Å². The van der Waals surface area contributed by atoms with E-state index in [1.807, 2.05) is 25.1 Å². The van der Waals surface area contributed by atoms with E-state index in [0.29, 0.717) is 17.3 Å². The Kier molecular flexibility index (Phi) is 5.36. The molecule has 3 rings (SSSR count). The van der Waals surface area contributed by atoms with Gasteiger partial charge in [-0.2, -0.15) is 8.78 Å². The fourth-order valence-electron chi connectivity index (χ4n) is 2.17. The predicted octanol–water partition coefficient (Wildman–Crippen LogP) is 3.24. The third-order valence-electron chi connectivity index (χ3n) is 3.66. The molecule has 26 heavy (non-hydrogen) atoms. The Morgan fingerprint density at radius 3 is 2.88 bits per heavy atom. The summed E-state index contributed by atoms with van der Waals surface area (Å²) in [6.07, 6.45) is 5.26. The first-order chi connectivity index (χ1) is 12.4. The average molecular weight is 384 g/mol. The summed E-state index contributed by atoms with van der Waals surface area (Å²) in [5, 5.41) is 8.04. The number of hydrogen-bond acceptors (Lipinski definition) is 6. The van der Waals surface area contributed by atoms with Crippen molar-refractivity contribution in [2.24, 2.45) is 4.99 Å². The summed E-state index contributed by atoms with van der Waals surface area (Å²) in [4.78, 5) is 6.32. The topological polar surface area (TPSA) is 64.8 Å². The Hall–Kier alpha value is -2.68. The SMILES string of the molecule is CC1N=C(OCc2cn(-c3ccc(Cl)c(OC(F)F)c3)nn2)C=CN1C. The van der Waals surface area contributed by atoms with E-state index in [2.05, 4.69) is 20.0 Å². The zero-order chi connectivity index (χ0) is 18.7. The maximum Gasteiger partial charge on any atom is 0.387 e. The van der Waals surface area contributed by atoms with Crippen molar-refractivity contribution in [3.05, 3.63) is 47.4 Å². The predicted molar refractivity (Wildman–Crippen MR) is 91.6 cm³/mol. The molecule has 0 aliphatic carbocycles. The standard InChI is InChI=1S/C16H16ClF2N5O2/c1-10-20-15(5-6-23(10)2)25-9-11-8-24(22-21-11)12-3-4-13(17)14(7-12)26-16(18)19/h3-8,10,16H,9H2,1-2H3. The van der Waals surface area contributed by atoms with Crippen LogP contribution in [0.3, 0.4) is 0 Å². The van der Waals surface area contributed by atoms with E-state index >= 15 is 0 Å². The molecule has 0 saturated heterocycles. The molecule has 7 nitrogen and oxygen atoms in total. The number of halogens is 3. The van der Waals surface area contributed by atoms with Crippen LogP contribution in [-0.2, 0) is 11.3 Å². The van der Waals surface area contributed by atoms with Crippen molar-refractivity contribution in [2.45, 2.75) is 26.3 Å². The maximum atomic E-state index is 12.4. The molecule has 0 bridgehead atoms. The first-order valence-electron chi connectivity index (χ1n) is 7.69. The molecular formula is C16H16ClF2N5O2. The zero-order valence-corrected chi connectivity index (χ0v) is 14.8. The average Bonchev–Trinajstić information content (AvgIpc) is 3.06. The molecule has 138 valence electrons. The molecule has 0 N–H and O–H groups in total. The fraction of sp³-hybridized carbons (Fsp3) is 0.312. The Morgan fingerprint density at radius 1 is 1.35 bits per heavy atom. The van der Waals surface area contributed by atoms with Crippen LogP contribution < -0.4 is 4.74 Å². The molecule has 10 heteroatoms. The van der Waals surface area contributed by atoms with Crippen molar-refractivity contribution in [3.8, 4) is 11.4 Å². The number of benzene rings is 1. The Labute approximate surface area is 153 Å². The Bertz CT molecular complexity index is 840. The first-order valence-corrected chi connectivity index (χ1v) is 8.07. The summed E-state index contributed by atoms with van der Waals surface area (Å²) in [6.45, 7) is -0.843. The monoisotopic (exact) mass is 383 g/mol. The second kappa shape index (κ2) is 7.69. The van der Waals surface area contributed by atoms with Crippen LogP contribution >= 0.6 is 11.6 Å². The van der Waals surface area contributed by atoms with Gasteiger partial charge in [-0.05, 0) is 19.1 Å². The van der Waals surface area contributed by atoms with Gasteiger partial charge in [0.05, 0.1) is 16.9 Å². The molecule has 1 atom stereocenters. The van der Waals surface area contributed by atoms with E-state index in [-0.39, 0.29) is 23.5 Å². The summed E-state index contributed by atoms with van der Waals surface area (Å²) < 4.78 is 36.2. The lowest BCUT2D eigenvalue weighted by atomic mass is 10.3. The number of rotatable bonds is 5. The Morgan fingerprint density at radius 2 is 2.15 bits per heavy atom. The van der Waals surface area contributed by atoms with Crippen LogP contribution in [0.25, 0.3) is 5.69 Å². The van der Waals surface area contributed by atoms with Gasteiger partial charge < -0.3 is 14.4 Å². The smallest absolute Gasteiger partial charge is 0.387 e. The van der Waals surface area contributed by atoms with Crippen LogP contribution in [0.2, 0.25) is 5.02 Å². The van der Waals surface area contributed by atoms with Crippen molar-refractivity contribution in [3.63, 3.8) is 0 Å². The van der Waals surface area contributed by atoms with E-state index in [1.54, 1.807) is 18.3 Å². The van der Waals surface area contributed by atoms with Gasteiger partial charge in [-0.15, -0.1) is 5.10 Å². The zero-order valence-electron chi connectivity index (χ0n) is 14.0. The lowest BCUT2D eigenvalue weighted by Crippen LogP contribution is -2.27. The molecule has 2 aromatic rings. The van der Waals surface area contributed by atoms with Gasteiger partial charge in [-0.25, -0.2) is 9.67 Å². The third-order valence-corrected chi connectivity index (χ3v) is 3.97. The number of ether oxygens (including phenoxy) is 2. The summed E-state index contributed by atoms with van der Waals surface area (Å²) in [5.74, 6) is 0.372. The van der Waals surface area contributed by atoms with Crippen molar-refractivity contribution in [1.82, 2.24) is 19.9 Å². The molecule has 1 unspecified atom stereocenters. The van der Waals surface area contributed by atoms with E-state index in [0.717, 1.165) is 0 Å². The highest BCUT2D eigenvalue weighted by Gasteiger charge is 2.13. The minimum absolute atomic E-state index is 0.00648. The van der Waals surface area contributed by atoms with Crippen LogP contribution in [0.1, 0.15) is 12.6 Å². The molecule has 1 aliphatic rings. The van der Waals surface area contributed by atoms with Crippen molar-refractivity contribution in [1.29, 1.82) is 0 Å². The minimum Gasteiger partial charge on any atom is -0.471 e. The van der Waals surface area contributed by atoms with Gasteiger partial charge in [0.1, 0.15) is 24.2 Å². The van der Waals surface area contributed by atoms with Gasteiger partial charge in [0.15, 0.2) is 0 Å². The number of alkyl halides is 2. The van der Waals surface area contributed by atoms with Crippen LogP contribution in [0, 0.1) is 0 Å². The molecule has 1 aromatic heterocycles. The third kappa shape index (κ3) is 4.29. The summed E-state index contributed by atoms with van der Waals surface area (Å²) in [7, 11) is 1.92. The van der Waals surface area contributed by atoms with Gasteiger partial charge in [-0.3, -0.25) is 0 Å². The normalized spacial score (nSPS) is 16.8. The van der Waals surface area contributed by atoms with Gasteiger partial charge in [0, 0.05) is 25.4 Å². The van der Waals surface area contributed by atoms with E-state index in [1.165, 1.54) is 16.8 Å². The molecule has 0 fully saturated rings. The number of hydrogen-bond donors (Lipinski definition) is 0. The molecule has 0 amide bonds. The molecule has 0 radical (unpaired) electrons. The highest BCUT2D eigenvalue weighted by atomic mass is 35.5. The first kappa shape index (κ1) is 18.1. The lowest BCUT2D eigenvalue weighted by Gasteiger charge is -2.23. The summed E-state index contributed by atoms with van der Waals surface area (Å²) >= 11 is 5.84. The number of nitrogens with zero attached hydrogens (tertiary/aromatic N) is 5. The Balaban J connectivity index is 1.68. The molecular weight excluding hydrogens is 368 g/mol. The number of aromatic nitrogens is 3. The second-order valence-corrected chi connectivity index (χ2v) is 5.92. The number of aliphatic imine (C=N–C) groups is 1. The minimum atomic E-state index is -2.96. The second-order valence-electron chi connectivity index (χ2n) is 5.52. The highest BCUT2D eigenvalue weighted by molar-refractivity contribution is 6.32.